The Morgan fingerprint density at radius 2 is 2.00 bits per heavy atom. The minimum absolute atomic E-state index is 0.471. The Labute approximate surface area is 103 Å². The molecule has 4 nitrogen and oxygen atoms in total. The molecule has 0 bridgehead atoms. The molecule has 2 atom stereocenters. The van der Waals surface area contributed by atoms with Crippen LogP contribution in [0.3, 0.4) is 0 Å². The van der Waals surface area contributed by atoms with E-state index in [1.54, 1.807) is 19.5 Å². The van der Waals surface area contributed by atoms with Gasteiger partial charge in [0.15, 0.2) is 0 Å². The van der Waals surface area contributed by atoms with Crippen LogP contribution in [0.25, 0.3) is 0 Å². The fourth-order valence-electron chi connectivity index (χ4n) is 2.64. The Morgan fingerprint density at radius 1 is 1.24 bits per heavy atom. The predicted octanol–water partition coefficient (Wildman–Crippen LogP) is 2.12. The molecule has 17 heavy (non-hydrogen) atoms. The van der Waals surface area contributed by atoms with Crippen LogP contribution in [-0.2, 0) is 0 Å². The van der Waals surface area contributed by atoms with E-state index in [4.69, 9.17) is 4.74 Å². The minimum Gasteiger partial charge on any atom is -0.480 e. The molecule has 1 heterocycles. The van der Waals surface area contributed by atoms with Gasteiger partial charge in [-0.1, -0.05) is 12.8 Å². The largest absolute Gasteiger partial charge is 0.480 e. The molecule has 1 saturated carbocycles. The van der Waals surface area contributed by atoms with Gasteiger partial charge in [-0.15, -0.1) is 0 Å². The molecule has 1 aromatic heterocycles. The molecule has 0 saturated heterocycles. The summed E-state index contributed by atoms with van der Waals surface area (Å²) in [6.45, 7) is 0. The monoisotopic (exact) mass is 235 g/mol. The Balaban J connectivity index is 2.18. The first-order chi connectivity index (χ1) is 8.35. The number of hydrogen-bond acceptors (Lipinski definition) is 4. The van der Waals surface area contributed by atoms with Crippen LogP contribution in [0.2, 0.25) is 0 Å². The maximum Gasteiger partial charge on any atom is 0.235 e. The van der Waals surface area contributed by atoms with E-state index in [1.165, 1.54) is 25.7 Å². The summed E-state index contributed by atoms with van der Waals surface area (Å²) in [6.07, 6.45) is 9.59. The van der Waals surface area contributed by atoms with Gasteiger partial charge in [0.1, 0.15) is 5.69 Å². The SMILES string of the molecule is CNC1CCCCC(c2nccnc2OC)C1. The zero-order chi connectivity index (χ0) is 12.1. The average molecular weight is 235 g/mol. The average Bonchev–Trinajstić information content (AvgIpc) is 2.64. The Bertz CT molecular complexity index is 356. The topological polar surface area (TPSA) is 47.0 Å². The maximum absolute atomic E-state index is 5.31. The highest BCUT2D eigenvalue weighted by Gasteiger charge is 2.24. The first-order valence-electron chi connectivity index (χ1n) is 6.37. The van der Waals surface area contributed by atoms with E-state index >= 15 is 0 Å². The third-order valence-electron chi connectivity index (χ3n) is 3.60. The molecule has 1 fully saturated rings. The van der Waals surface area contributed by atoms with Crippen molar-refractivity contribution in [3.8, 4) is 5.88 Å². The second kappa shape index (κ2) is 5.96. The van der Waals surface area contributed by atoms with E-state index in [-0.39, 0.29) is 0 Å². The van der Waals surface area contributed by atoms with Crippen molar-refractivity contribution in [1.82, 2.24) is 15.3 Å². The minimum atomic E-state index is 0.471. The molecule has 94 valence electrons. The zero-order valence-electron chi connectivity index (χ0n) is 10.6. The third kappa shape index (κ3) is 2.94. The summed E-state index contributed by atoms with van der Waals surface area (Å²) in [7, 11) is 3.71. The number of hydrogen-bond donors (Lipinski definition) is 1. The fraction of sp³-hybridized carbons (Fsp3) is 0.692. The summed E-state index contributed by atoms with van der Waals surface area (Å²) in [6, 6.07) is 0.592. The molecule has 0 aliphatic heterocycles. The van der Waals surface area contributed by atoms with Gasteiger partial charge >= 0.3 is 0 Å². The molecule has 1 aliphatic carbocycles. The van der Waals surface area contributed by atoms with Gasteiger partial charge in [-0.2, -0.15) is 0 Å². The molecule has 1 aliphatic rings. The molecule has 1 N–H and O–H groups in total. The van der Waals surface area contributed by atoms with Crippen LogP contribution in [0.1, 0.15) is 43.7 Å². The quantitative estimate of drug-likeness (QED) is 0.815. The van der Waals surface area contributed by atoms with Gasteiger partial charge in [0.2, 0.25) is 5.88 Å². The Kier molecular flexibility index (Phi) is 4.31. The number of aromatic nitrogens is 2. The summed E-state index contributed by atoms with van der Waals surface area (Å²) in [5.74, 6) is 1.16. The summed E-state index contributed by atoms with van der Waals surface area (Å²) in [4.78, 5) is 8.72. The Hall–Kier alpha value is -1.16. The Morgan fingerprint density at radius 3 is 2.76 bits per heavy atom. The summed E-state index contributed by atoms with van der Waals surface area (Å²) >= 11 is 0. The van der Waals surface area contributed by atoms with Gasteiger partial charge in [-0.25, -0.2) is 4.98 Å². The molecule has 0 amide bonds. The lowest BCUT2D eigenvalue weighted by Crippen LogP contribution is -2.26. The molecule has 4 heteroatoms. The van der Waals surface area contributed by atoms with E-state index in [2.05, 4.69) is 15.3 Å². The highest BCUT2D eigenvalue weighted by atomic mass is 16.5. The number of rotatable bonds is 3. The first kappa shape index (κ1) is 12.3. The van der Waals surface area contributed by atoms with Crippen molar-refractivity contribution in [2.75, 3.05) is 14.2 Å². The second-order valence-electron chi connectivity index (χ2n) is 4.65. The van der Waals surface area contributed by atoms with Crippen molar-refractivity contribution in [3.63, 3.8) is 0 Å². The normalized spacial score (nSPS) is 25.3. The van der Waals surface area contributed by atoms with Gasteiger partial charge in [0, 0.05) is 24.4 Å². The van der Waals surface area contributed by atoms with Crippen molar-refractivity contribution in [1.29, 1.82) is 0 Å². The van der Waals surface area contributed by atoms with Crippen molar-refractivity contribution in [2.24, 2.45) is 0 Å². The van der Waals surface area contributed by atoms with E-state index in [0.29, 0.717) is 17.8 Å². The standard InChI is InChI=1S/C13H21N3O/c1-14-11-6-4-3-5-10(9-11)12-13(17-2)16-8-7-15-12/h7-8,10-11,14H,3-6,9H2,1-2H3. The van der Waals surface area contributed by atoms with Crippen molar-refractivity contribution in [3.05, 3.63) is 18.1 Å². The van der Waals surface area contributed by atoms with Gasteiger partial charge in [-0.3, -0.25) is 4.98 Å². The van der Waals surface area contributed by atoms with Crippen LogP contribution < -0.4 is 10.1 Å². The summed E-state index contributed by atoms with van der Waals surface area (Å²) in [5, 5.41) is 3.39. The molecular weight excluding hydrogens is 214 g/mol. The molecule has 2 rings (SSSR count). The van der Waals surface area contributed by atoms with E-state index in [1.807, 2.05) is 7.05 Å². The first-order valence-corrected chi connectivity index (χ1v) is 6.37. The zero-order valence-corrected chi connectivity index (χ0v) is 10.6. The smallest absolute Gasteiger partial charge is 0.235 e. The maximum atomic E-state index is 5.31. The van der Waals surface area contributed by atoms with Crippen LogP contribution in [0.15, 0.2) is 12.4 Å². The molecular formula is C13H21N3O. The van der Waals surface area contributed by atoms with E-state index in [9.17, 15) is 0 Å². The van der Waals surface area contributed by atoms with Gasteiger partial charge in [-0.05, 0) is 26.3 Å². The van der Waals surface area contributed by atoms with Gasteiger partial charge in [0.25, 0.3) is 0 Å². The van der Waals surface area contributed by atoms with Crippen LogP contribution in [0, 0.1) is 0 Å². The highest BCUT2D eigenvalue weighted by Crippen LogP contribution is 2.34. The second-order valence-corrected chi connectivity index (χ2v) is 4.65. The molecule has 0 aromatic carbocycles. The van der Waals surface area contributed by atoms with E-state index < -0.39 is 0 Å². The van der Waals surface area contributed by atoms with Crippen LogP contribution in [0.5, 0.6) is 5.88 Å². The predicted molar refractivity (Wildman–Crippen MR) is 67.3 cm³/mol. The van der Waals surface area contributed by atoms with E-state index in [0.717, 1.165) is 12.1 Å². The van der Waals surface area contributed by atoms with Gasteiger partial charge < -0.3 is 10.1 Å². The van der Waals surface area contributed by atoms with Crippen LogP contribution in [-0.4, -0.2) is 30.2 Å². The lowest BCUT2D eigenvalue weighted by Gasteiger charge is -2.20. The lowest BCUT2D eigenvalue weighted by atomic mass is 9.94. The molecule has 1 aromatic rings. The lowest BCUT2D eigenvalue weighted by molar-refractivity contribution is 0.376. The fourth-order valence-corrected chi connectivity index (χ4v) is 2.64. The van der Waals surface area contributed by atoms with Gasteiger partial charge in [0.05, 0.1) is 7.11 Å². The number of methoxy groups -OCH3 is 1. The van der Waals surface area contributed by atoms with Crippen LogP contribution >= 0.6 is 0 Å². The number of nitrogens with one attached hydrogen (secondary N) is 1. The highest BCUT2D eigenvalue weighted by molar-refractivity contribution is 5.22. The molecule has 2 unspecified atom stereocenters. The molecule has 0 spiro atoms. The van der Waals surface area contributed by atoms with Crippen molar-refractivity contribution in [2.45, 2.75) is 44.1 Å². The molecule has 0 radical (unpaired) electrons. The van der Waals surface area contributed by atoms with Crippen LogP contribution in [0.4, 0.5) is 0 Å². The van der Waals surface area contributed by atoms with Crippen molar-refractivity contribution < 1.29 is 4.74 Å². The van der Waals surface area contributed by atoms with Crippen molar-refractivity contribution >= 4 is 0 Å². The third-order valence-corrected chi connectivity index (χ3v) is 3.60. The number of nitrogens with zero attached hydrogens (tertiary/aromatic N) is 2. The summed E-state index contributed by atoms with van der Waals surface area (Å²) in [5.41, 5.74) is 1.03. The summed E-state index contributed by atoms with van der Waals surface area (Å²) < 4.78 is 5.31. The number of ether oxygens (including phenoxy) is 1.